The Labute approximate surface area is 231 Å². The standard InChI is InChI=1S/C22H20F6N2OS.C5H6N2O/c1-13-10-15(4-8-29-13)14-2-3-18(17(11-14)21(23,24)25)32-16-5-9-30(12-16)19(31)20(6-7-20)22(26,27)28;6-3-5(1-2-5)7-4-8/h2-4,8,10-11,16H,5-7,9,12H2,1H3;4H,1-2H2,(H,7,8). The molecule has 3 aliphatic rings. The number of nitrogens with one attached hydrogen (secondary N) is 1. The summed E-state index contributed by atoms with van der Waals surface area (Å²) in [6.07, 6.45) is -5.58. The van der Waals surface area contributed by atoms with Gasteiger partial charge in [-0.25, -0.2) is 0 Å². The van der Waals surface area contributed by atoms with E-state index >= 15 is 0 Å². The lowest BCUT2D eigenvalue weighted by molar-refractivity contribution is -0.197. The highest BCUT2D eigenvalue weighted by molar-refractivity contribution is 8.00. The molecule has 13 heteroatoms. The monoisotopic (exact) mass is 584 g/mol. The van der Waals surface area contributed by atoms with Crippen LogP contribution in [0.4, 0.5) is 26.3 Å². The van der Waals surface area contributed by atoms with Crippen molar-refractivity contribution in [1.82, 2.24) is 15.2 Å². The molecule has 1 aliphatic heterocycles. The largest absolute Gasteiger partial charge is 0.417 e. The molecule has 2 aliphatic carbocycles. The molecular formula is C27H26F6N4O2S. The van der Waals surface area contributed by atoms with E-state index in [1.165, 1.54) is 12.3 Å². The summed E-state index contributed by atoms with van der Waals surface area (Å²) >= 11 is 0.964. The van der Waals surface area contributed by atoms with Crippen LogP contribution in [0, 0.1) is 23.7 Å². The molecule has 6 nitrogen and oxygen atoms in total. The smallest absolute Gasteiger partial charge is 0.341 e. The molecule has 3 fully saturated rings. The highest BCUT2D eigenvalue weighted by Crippen LogP contribution is 2.59. The van der Waals surface area contributed by atoms with Crippen LogP contribution in [0.3, 0.4) is 0 Å². The molecule has 0 spiro atoms. The molecule has 2 amide bonds. The third kappa shape index (κ3) is 6.37. The Balaban J connectivity index is 0.000000398. The fraction of sp³-hybridized carbons (Fsp3) is 0.481. The minimum Gasteiger partial charge on any atom is -0.341 e. The number of amides is 2. The number of aromatic nitrogens is 1. The van der Waals surface area contributed by atoms with Gasteiger partial charge < -0.3 is 10.2 Å². The van der Waals surface area contributed by atoms with Crippen molar-refractivity contribution in [3.63, 3.8) is 0 Å². The van der Waals surface area contributed by atoms with E-state index in [4.69, 9.17) is 5.26 Å². The minimum atomic E-state index is -4.60. The van der Waals surface area contributed by atoms with Crippen LogP contribution in [-0.4, -0.2) is 52.3 Å². The van der Waals surface area contributed by atoms with E-state index in [0.29, 0.717) is 29.7 Å². The van der Waals surface area contributed by atoms with E-state index in [9.17, 15) is 35.9 Å². The van der Waals surface area contributed by atoms with Crippen LogP contribution in [0.2, 0.25) is 0 Å². The van der Waals surface area contributed by atoms with Crippen LogP contribution in [-0.2, 0) is 15.8 Å². The van der Waals surface area contributed by atoms with Gasteiger partial charge in [-0.1, -0.05) is 6.07 Å². The number of pyridine rings is 1. The number of rotatable bonds is 6. The quantitative estimate of drug-likeness (QED) is 0.338. The molecule has 1 saturated heterocycles. The lowest BCUT2D eigenvalue weighted by atomic mass is 10.0. The van der Waals surface area contributed by atoms with Gasteiger partial charge in [-0.3, -0.25) is 14.6 Å². The first-order valence-electron chi connectivity index (χ1n) is 12.5. The van der Waals surface area contributed by atoms with Gasteiger partial charge in [0.05, 0.1) is 11.6 Å². The predicted octanol–water partition coefficient (Wildman–Crippen LogP) is 5.90. The second-order valence-electron chi connectivity index (χ2n) is 10.2. The average Bonchev–Trinajstić information content (AvgIpc) is 3.81. The molecule has 2 heterocycles. The summed E-state index contributed by atoms with van der Waals surface area (Å²) in [5.41, 5.74) is -1.88. The topological polar surface area (TPSA) is 86.1 Å². The van der Waals surface area contributed by atoms with Crippen molar-refractivity contribution in [3.8, 4) is 17.2 Å². The Morgan fingerprint density at radius 2 is 1.80 bits per heavy atom. The third-order valence-electron chi connectivity index (χ3n) is 7.24. The number of carbonyl (C=O) groups excluding carboxylic acids is 2. The number of benzene rings is 1. The second-order valence-corrected chi connectivity index (χ2v) is 11.6. The number of halogens is 6. The van der Waals surface area contributed by atoms with Gasteiger partial charge in [0, 0.05) is 35.1 Å². The lowest BCUT2D eigenvalue weighted by Crippen LogP contribution is -2.43. The molecule has 2 saturated carbocycles. The van der Waals surface area contributed by atoms with E-state index in [1.54, 1.807) is 25.1 Å². The van der Waals surface area contributed by atoms with Crippen molar-refractivity contribution in [2.24, 2.45) is 5.41 Å². The summed E-state index contributed by atoms with van der Waals surface area (Å²) in [5.74, 6) is -0.951. The summed E-state index contributed by atoms with van der Waals surface area (Å²) < 4.78 is 81.1. The normalized spacial score (nSPS) is 20.6. The number of nitrogens with zero attached hydrogens (tertiary/aromatic N) is 3. The zero-order chi connectivity index (χ0) is 29.3. The Morgan fingerprint density at radius 1 is 1.12 bits per heavy atom. The average molecular weight is 585 g/mol. The zero-order valence-electron chi connectivity index (χ0n) is 21.4. The highest BCUT2D eigenvalue weighted by atomic mass is 32.2. The molecule has 2 aromatic rings. The van der Waals surface area contributed by atoms with Crippen molar-refractivity contribution in [2.45, 2.75) is 67.1 Å². The Hall–Kier alpha value is -3.27. The van der Waals surface area contributed by atoms with Crippen molar-refractivity contribution in [3.05, 3.63) is 47.8 Å². The Bertz CT molecular complexity index is 1320. The summed E-state index contributed by atoms with van der Waals surface area (Å²) in [7, 11) is 0. The molecule has 1 aromatic heterocycles. The van der Waals surface area contributed by atoms with Crippen LogP contribution in [0.5, 0.6) is 0 Å². The number of nitriles is 1. The Kier molecular flexibility index (Phi) is 8.13. The van der Waals surface area contributed by atoms with Crippen LogP contribution in [0.25, 0.3) is 11.1 Å². The van der Waals surface area contributed by atoms with E-state index < -0.39 is 40.0 Å². The van der Waals surface area contributed by atoms with Crippen LogP contribution >= 0.6 is 11.8 Å². The van der Waals surface area contributed by atoms with Gasteiger partial charge in [0.15, 0.2) is 0 Å². The molecule has 0 radical (unpaired) electrons. The fourth-order valence-corrected chi connectivity index (χ4v) is 5.80. The van der Waals surface area contributed by atoms with Crippen LogP contribution in [0.1, 0.15) is 43.4 Å². The predicted molar refractivity (Wildman–Crippen MR) is 135 cm³/mol. The second kappa shape index (κ2) is 11.0. The minimum absolute atomic E-state index is 0.00304. The molecular weight excluding hydrogens is 558 g/mol. The fourth-order valence-electron chi connectivity index (χ4n) is 4.52. The summed E-state index contributed by atoms with van der Waals surface area (Å²) in [4.78, 5) is 27.4. The van der Waals surface area contributed by atoms with Crippen LogP contribution in [0.15, 0.2) is 41.4 Å². The maximum absolute atomic E-state index is 13.8. The van der Waals surface area contributed by atoms with E-state index in [0.717, 1.165) is 35.6 Å². The van der Waals surface area contributed by atoms with Gasteiger partial charge in [-0.2, -0.15) is 31.6 Å². The third-order valence-corrected chi connectivity index (χ3v) is 8.57. The molecule has 0 bridgehead atoms. The first-order chi connectivity index (χ1) is 18.7. The lowest BCUT2D eigenvalue weighted by Gasteiger charge is -2.25. The van der Waals surface area contributed by atoms with Crippen molar-refractivity contribution in [2.75, 3.05) is 13.1 Å². The van der Waals surface area contributed by atoms with Gasteiger partial charge >= 0.3 is 12.4 Å². The Morgan fingerprint density at radius 3 is 2.30 bits per heavy atom. The van der Waals surface area contributed by atoms with Gasteiger partial charge in [-0.15, -0.1) is 11.8 Å². The van der Waals surface area contributed by atoms with E-state index in [2.05, 4.69) is 10.3 Å². The number of carbonyl (C=O) groups is 2. The van der Waals surface area contributed by atoms with Gasteiger partial charge in [0.25, 0.3) is 0 Å². The van der Waals surface area contributed by atoms with Gasteiger partial charge in [0.2, 0.25) is 12.3 Å². The number of alkyl halides is 6. The molecule has 5 rings (SSSR count). The van der Waals surface area contributed by atoms with Crippen LogP contribution < -0.4 is 5.32 Å². The number of aryl methyl sites for hydroxylation is 1. The number of likely N-dealkylation sites (tertiary alicyclic amines) is 1. The van der Waals surface area contributed by atoms with Crippen molar-refractivity contribution < 1.29 is 35.9 Å². The zero-order valence-corrected chi connectivity index (χ0v) is 22.2. The molecule has 40 heavy (non-hydrogen) atoms. The maximum Gasteiger partial charge on any atom is 0.417 e. The van der Waals surface area contributed by atoms with E-state index in [-0.39, 0.29) is 30.8 Å². The summed E-state index contributed by atoms with van der Waals surface area (Å²) in [5, 5.41) is 10.4. The van der Waals surface area contributed by atoms with E-state index in [1.807, 2.05) is 6.07 Å². The summed E-state index contributed by atoms with van der Waals surface area (Å²) in [6, 6.07) is 9.39. The SMILES string of the molecule is Cc1cc(-c2ccc(SC3CCN(C(=O)C4(C(F)(F)F)CC4)C3)c(C(F)(F)F)c2)ccn1.N#CC1(NC=O)CC1. The number of hydrogen-bond acceptors (Lipinski definition) is 5. The number of thioether (sulfide) groups is 1. The highest BCUT2D eigenvalue weighted by Gasteiger charge is 2.69. The van der Waals surface area contributed by atoms with Crippen molar-refractivity contribution >= 4 is 24.1 Å². The van der Waals surface area contributed by atoms with Gasteiger partial charge in [0.1, 0.15) is 11.0 Å². The molecule has 1 N–H and O–H groups in total. The van der Waals surface area contributed by atoms with Crippen molar-refractivity contribution in [1.29, 1.82) is 5.26 Å². The molecule has 214 valence electrons. The first kappa shape index (κ1) is 29.7. The molecule has 1 aromatic carbocycles. The molecule has 1 unspecified atom stereocenters. The summed E-state index contributed by atoms with van der Waals surface area (Å²) in [6.45, 7) is 1.87. The maximum atomic E-state index is 13.8. The first-order valence-corrected chi connectivity index (χ1v) is 13.4. The molecule has 1 atom stereocenters. The van der Waals surface area contributed by atoms with Gasteiger partial charge in [-0.05, 0) is 74.4 Å². The number of hydrogen-bond donors (Lipinski definition) is 1.